The molecule has 5 nitrogen and oxygen atoms in total. The van der Waals surface area contributed by atoms with Crippen LogP contribution in [0, 0.1) is 6.92 Å². The predicted molar refractivity (Wildman–Crippen MR) is 136 cm³/mol. The van der Waals surface area contributed by atoms with E-state index in [4.69, 9.17) is 0 Å². The molecule has 0 saturated carbocycles. The standard InChI is InChI=1S/C25H33N4OP/c1-15(2)29-19(6)18(5)14-28-25(30)17(4)9-22(26-7)11-20-10-21-8-16(3)13-27-24(21)23(31)12-20/h8-10,12-13,26H,4,11,14,31H2,1-3,5-7H3,(H,28,30)/b19-18+,22-9-. The topological polar surface area (TPSA) is 66.4 Å². The summed E-state index contributed by atoms with van der Waals surface area (Å²) >= 11 is 0. The van der Waals surface area contributed by atoms with E-state index in [0.717, 1.165) is 50.0 Å². The molecule has 0 aliphatic rings. The Labute approximate surface area is 188 Å². The number of fused-ring (bicyclic) bond motifs is 1. The van der Waals surface area contributed by atoms with Crippen LogP contribution in [0.15, 0.2) is 64.6 Å². The lowest BCUT2D eigenvalue weighted by atomic mass is 10.0. The second-order valence-electron chi connectivity index (χ2n) is 8.00. The van der Waals surface area contributed by atoms with Crippen molar-refractivity contribution in [1.82, 2.24) is 15.6 Å². The lowest BCUT2D eigenvalue weighted by Crippen LogP contribution is -2.26. The van der Waals surface area contributed by atoms with Gasteiger partial charge >= 0.3 is 0 Å². The third kappa shape index (κ3) is 7.15. The third-order valence-corrected chi connectivity index (χ3v) is 5.33. The zero-order valence-electron chi connectivity index (χ0n) is 19.4. The van der Waals surface area contributed by atoms with Crippen molar-refractivity contribution in [3.8, 4) is 0 Å². The maximum Gasteiger partial charge on any atom is 0.250 e. The van der Waals surface area contributed by atoms with Crippen molar-refractivity contribution in [3.63, 3.8) is 0 Å². The molecule has 164 valence electrons. The van der Waals surface area contributed by atoms with E-state index in [1.54, 1.807) is 6.08 Å². The number of rotatable bonds is 8. The Morgan fingerprint density at radius 3 is 2.58 bits per heavy atom. The summed E-state index contributed by atoms with van der Waals surface area (Å²) in [4.78, 5) is 21.5. The van der Waals surface area contributed by atoms with Crippen LogP contribution < -0.4 is 15.9 Å². The van der Waals surface area contributed by atoms with Crippen LogP contribution in [-0.2, 0) is 11.2 Å². The quantitative estimate of drug-likeness (QED) is 0.283. The number of aliphatic imine (C=N–C) groups is 1. The Hall–Kier alpha value is -2.78. The lowest BCUT2D eigenvalue weighted by molar-refractivity contribution is -0.117. The minimum atomic E-state index is -0.192. The monoisotopic (exact) mass is 436 g/mol. The van der Waals surface area contributed by atoms with Gasteiger partial charge in [-0.25, -0.2) is 0 Å². The van der Waals surface area contributed by atoms with Crippen LogP contribution in [0.1, 0.15) is 38.8 Å². The molecule has 31 heavy (non-hydrogen) atoms. The first-order chi connectivity index (χ1) is 14.6. The molecule has 0 saturated heterocycles. The predicted octanol–water partition coefficient (Wildman–Crippen LogP) is 4.14. The average Bonchev–Trinajstić information content (AvgIpc) is 2.70. The summed E-state index contributed by atoms with van der Waals surface area (Å²) in [6.45, 7) is 14.3. The van der Waals surface area contributed by atoms with Gasteiger partial charge in [-0.2, -0.15) is 0 Å². The number of hydrogen-bond acceptors (Lipinski definition) is 4. The van der Waals surface area contributed by atoms with Gasteiger partial charge in [0.25, 0.3) is 5.91 Å². The number of nitrogens with one attached hydrogen (secondary N) is 2. The number of pyridine rings is 1. The van der Waals surface area contributed by atoms with E-state index < -0.39 is 0 Å². The third-order valence-electron chi connectivity index (χ3n) is 4.89. The van der Waals surface area contributed by atoms with Crippen LogP contribution in [0.4, 0.5) is 0 Å². The highest BCUT2D eigenvalue weighted by Gasteiger charge is 2.09. The summed E-state index contributed by atoms with van der Waals surface area (Å²) in [5.74, 6) is -0.192. The number of hydrogen-bond donors (Lipinski definition) is 2. The van der Waals surface area contributed by atoms with Gasteiger partial charge in [-0.05, 0) is 80.9 Å². The first-order valence-electron chi connectivity index (χ1n) is 10.3. The van der Waals surface area contributed by atoms with E-state index in [1.165, 1.54) is 0 Å². The van der Waals surface area contributed by atoms with Crippen LogP contribution in [0.3, 0.4) is 0 Å². The second kappa shape index (κ2) is 11.0. The molecule has 1 amide bonds. The van der Waals surface area contributed by atoms with Gasteiger partial charge in [0.2, 0.25) is 0 Å². The Kier molecular flexibility index (Phi) is 8.70. The Morgan fingerprint density at radius 1 is 1.23 bits per heavy atom. The van der Waals surface area contributed by atoms with Gasteiger partial charge < -0.3 is 10.6 Å². The largest absolute Gasteiger partial charge is 0.391 e. The molecule has 0 fully saturated rings. The molecule has 0 aliphatic carbocycles. The van der Waals surface area contributed by atoms with Gasteiger partial charge in [-0.15, -0.1) is 9.24 Å². The van der Waals surface area contributed by atoms with Crippen molar-refractivity contribution in [2.24, 2.45) is 4.99 Å². The molecule has 1 heterocycles. The number of nitrogens with zero attached hydrogens (tertiary/aromatic N) is 2. The molecule has 0 radical (unpaired) electrons. The fraction of sp³-hybridized carbons (Fsp3) is 0.320. The van der Waals surface area contributed by atoms with Crippen molar-refractivity contribution < 1.29 is 4.79 Å². The van der Waals surface area contributed by atoms with Crippen LogP contribution in [0.2, 0.25) is 0 Å². The van der Waals surface area contributed by atoms with Crippen molar-refractivity contribution in [2.45, 2.75) is 41.0 Å². The molecule has 6 heteroatoms. The van der Waals surface area contributed by atoms with E-state index in [2.05, 4.69) is 54.6 Å². The van der Waals surface area contributed by atoms with E-state index >= 15 is 0 Å². The number of aromatic nitrogens is 1. The number of allylic oxidation sites excluding steroid dienone is 2. The molecule has 1 aromatic carbocycles. The van der Waals surface area contributed by atoms with Crippen molar-refractivity contribution >= 4 is 37.1 Å². The molecule has 0 spiro atoms. The van der Waals surface area contributed by atoms with Gasteiger partial charge in [0.1, 0.15) is 0 Å². The molecule has 2 N–H and O–H groups in total. The van der Waals surface area contributed by atoms with Gasteiger partial charge in [0.05, 0.1) is 5.52 Å². The molecular formula is C25H33N4OP. The second-order valence-corrected chi connectivity index (χ2v) is 8.62. The minimum Gasteiger partial charge on any atom is -0.391 e. The fourth-order valence-corrected chi connectivity index (χ4v) is 3.60. The SMILES string of the molecule is C=C(/C=C(/Cc1cc(P)c2ncc(C)cc2c1)NC)C(=O)NC/C(C)=C(\C)N=C(C)C. The molecule has 2 aromatic rings. The molecule has 2 rings (SSSR count). The molecule has 0 aliphatic heterocycles. The van der Waals surface area contributed by atoms with Crippen LogP contribution in [0.5, 0.6) is 0 Å². The van der Waals surface area contributed by atoms with Crippen LogP contribution in [-0.4, -0.2) is 30.2 Å². The highest BCUT2D eigenvalue weighted by molar-refractivity contribution is 7.28. The van der Waals surface area contributed by atoms with Crippen LogP contribution in [0.25, 0.3) is 10.9 Å². The minimum absolute atomic E-state index is 0.192. The first-order valence-corrected chi connectivity index (χ1v) is 10.9. The van der Waals surface area contributed by atoms with E-state index in [9.17, 15) is 4.79 Å². The van der Waals surface area contributed by atoms with Gasteiger partial charge in [-0.1, -0.05) is 6.58 Å². The van der Waals surface area contributed by atoms with E-state index in [1.807, 2.05) is 47.9 Å². The number of carbonyl (C=O) groups excluding carboxylic acids is 1. The first kappa shape index (κ1) is 24.5. The number of benzene rings is 1. The molecule has 1 atom stereocenters. The molecule has 1 unspecified atom stereocenters. The summed E-state index contributed by atoms with van der Waals surface area (Å²) in [6.07, 6.45) is 4.35. The highest BCUT2D eigenvalue weighted by atomic mass is 31.0. The number of carbonyl (C=O) groups is 1. The average molecular weight is 437 g/mol. The Morgan fingerprint density at radius 2 is 1.94 bits per heavy atom. The van der Waals surface area contributed by atoms with Crippen molar-refractivity contribution in [2.75, 3.05) is 13.6 Å². The highest BCUT2D eigenvalue weighted by Crippen LogP contribution is 2.18. The van der Waals surface area contributed by atoms with Gasteiger partial charge in [-0.3, -0.25) is 14.8 Å². The zero-order valence-corrected chi connectivity index (χ0v) is 20.5. The van der Waals surface area contributed by atoms with Crippen molar-refractivity contribution in [1.29, 1.82) is 0 Å². The molecule has 0 bridgehead atoms. The van der Waals surface area contributed by atoms with Gasteiger partial charge in [0, 0.05) is 54.3 Å². The molecule has 1 aromatic heterocycles. The number of likely N-dealkylation sites (N-methyl/N-ethyl adjacent to an activating group) is 1. The zero-order chi connectivity index (χ0) is 23.1. The summed E-state index contributed by atoms with van der Waals surface area (Å²) in [5.41, 5.74) is 7.51. The van der Waals surface area contributed by atoms with E-state index in [0.29, 0.717) is 18.5 Å². The van der Waals surface area contributed by atoms with Crippen molar-refractivity contribution in [3.05, 3.63) is 70.7 Å². The maximum atomic E-state index is 12.5. The Bertz CT molecular complexity index is 1090. The fourth-order valence-electron chi connectivity index (χ4n) is 3.15. The lowest BCUT2D eigenvalue weighted by Gasteiger charge is -2.12. The summed E-state index contributed by atoms with van der Waals surface area (Å²) in [7, 11) is 4.62. The smallest absolute Gasteiger partial charge is 0.250 e. The summed E-state index contributed by atoms with van der Waals surface area (Å²) in [5, 5.41) is 8.28. The molecular weight excluding hydrogens is 403 g/mol. The summed E-state index contributed by atoms with van der Waals surface area (Å²) in [6, 6.07) is 6.39. The number of aryl methyl sites for hydroxylation is 1. The number of amides is 1. The normalized spacial score (nSPS) is 12.3. The van der Waals surface area contributed by atoms with Gasteiger partial charge in [0.15, 0.2) is 0 Å². The summed E-state index contributed by atoms with van der Waals surface area (Å²) < 4.78 is 0. The van der Waals surface area contributed by atoms with E-state index in [-0.39, 0.29) is 5.91 Å². The Balaban J connectivity index is 2.12. The van der Waals surface area contributed by atoms with Crippen LogP contribution >= 0.6 is 9.24 Å². The maximum absolute atomic E-state index is 12.5.